The Morgan fingerprint density at radius 3 is 2.69 bits per heavy atom. The lowest BCUT2D eigenvalue weighted by molar-refractivity contribution is 0.306. The fourth-order valence-corrected chi connectivity index (χ4v) is 2.20. The Morgan fingerprint density at radius 2 is 2.00 bits per heavy atom. The summed E-state index contributed by atoms with van der Waals surface area (Å²) in [4.78, 5) is 0. The zero-order valence-electron chi connectivity index (χ0n) is 14.2. The minimum Gasteiger partial charge on any atom is -0.489 e. The Labute approximate surface area is 150 Å². The van der Waals surface area contributed by atoms with Crippen molar-refractivity contribution < 1.29 is 9.37 Å². The summed E-state index contributed by atoms with van der Waals surface area (Å²) in [6.07, 6.45) is 1.56. The number of benzene rings is 2. The van der Waals surface area contributed by atoms with Crippen LogP contribution in [0.15, 0.2) is 63.4 Å². The maximum absolute atomic E-state index is 5.78. The highest BCUT2D eigenvalue weighted by molar-refractivity contribution is 5.99. The molecule has 0 saturated heterocycles. The molecule has 0 aliphatic carbocycles. The van der Waals surface area contributed by atoms with Gasteiger partial charge in [-0.25, -0.2) is 4.63 Å². The maximum atomic E-state index is 5.78. The van der Waals surface area contributed by atoms with Crippen molar-refractivity contribution >= 4 is 17.9 Å². The van der Waals surface area contributed by atoms with Gasteiger partial charge in [0, 0.05) is 0 Å². The molecule has 4 N–H and O–H groups in total. The topological polar surface area (TPSA) is 125 Å². The minimum atomic E-state index is 0.0260. The van der Waals surface area contributed by atoms with Gasteiger partial charge in [-0.05, 0) is 52.6 Å². The van der Waals surface area contributed by atoms with Crippen LogP contribution < -0.4 is 16.2 Å². The first-order valence-corrected chi connectivity index (χ1v) is 7.85. The zero-order valence-corrected chi connectivity index (χ0v) is 14.2. The van der Waals surface area contributed by atoms with Crippen LogP contribution in [0.3, 0.4) is 0 Å². The highest BCUT2D eigenvalue weighted by Gasteiger charge is 2.09. The quantitative estimate of drug-likeness (QED) is 0.399. The number of rotatable bonds is 6. The van der Waals surface area contributed by atoms with Gasteiger partial charge < -0.3 is 16.2 Å². The molecule has 0 saturated carbocycles. The van der Waals surface area contributed by atoms with Gasteiger partial charge in [-0.1, -0.05) is 29.8 Å². The number of hydrogen-bond donors (Lipinski definition) is 2. The lowest BCUT2D eigenvalue weighted by Crippen LogP contribution is -2.15. The van der Waals surface area contributed by atoms with Crippen molar-refractivity contribution in [1.29, 1.82) is 0 Å². The van der Waals surface area contributed by atoms with Gasteiger partial charge in [0.05, 0.1) is 6.21 Å². The molecule has 0 spiro atoms. The summed E-state index contributed by atoms with van der Waals surface area (Å²) >= 11 is 0. The fourth-order valence-electron chi connectivity index (χ4n) is 2.20. The van der Waals surface area contributed by atoms with Crippen LogP contribution in [-0.2, 0) is 6.61 Å². The molecular weight excluding hydrogens is 332 g/mol. The summed E-state index contributed by atoms with van der Waals surface area (Å²) in [6.45, 7) is 2.57. The number of amidine groups is 1. The molecule has 0 aliphatic heterocycles. The number of nitrogen functional groups attached to an aromatic ring is 1. The summed E-state index contributed by atoms with van der Waals surface area (Å²) in [5, 5.41) is 14.7. The lowest BCUT2D eigenvalue weighted by Gasteiger charge is -2.07. The Bertz CT molecular complexity index is 931. The highest BCUT2D eigenvalue weighted by atomic mass is 16.6. The van der Waals surface area contributed by atoms with E-state index in [0.717, 1.165) is 16.9 Å². The molecule has 1 aromatic heterocycles. The molecule has 0 fully saturated rings. The van der Waals surface area contributed by atoms with Gasteiger partial charge in [0.1, 0.15) is 12.4 Å². The number of aryl methyl sites for hydroxylation is 1. The van der Waals surface area contributed by atoms with E-state index in [-0.39, 0.29) is 17.3 Å². The summed E-state index contributed by atoms with van der Waals surface area (Å²) in [7, 11) is 0. The van der Waals surface area contributed by atoms with Crippen molar-refractivity contribution in [2.75, 3.05) is 5.73 Å². The van der Waals surface area contributed by atoms with Crippen molar-refractivity contribution in [3.63, 3.8) is 0 Å². The molecule has 3 aromatic rings. The zero-order chi connectivity index (χ0) is 18.4. The number of nitrogens with zero attached hydrogens (tertiary/aromatic N) is 4. The third kappa shape index (κ3) is 4.44. The summed E-state index contributed by atoms with van der Waals surface area (Å²) in [6, 6.07) is 15.7. The van der Waals surface area contributed by atoms with Crippen molar-refractivity contribution in [3.05, 3.63) is 70.9 Å². The molecular formula is C18H18N6O2. The first-order chi connectivity index (χ1) is 12.6. The van der Waals surface area contributed by atoms with E-state index in [1.54, 1.807) is 6.21 Å². The normalized spacial score (nSPS) is 11.8. The molecule has 0 atom stereocenters. The Balaban J connectivity index is 1.58. The van der Waals surface area contributed by atoms with Gasteiger partial charge in [0.2, 0.25) is 0 Å². The molecule has 0 amide bonds. The predicted octanol–water partition coefficient (Wildman–Crippen LogP) is 2.28. The second-order valence-electron chi connectivity index (χ2n) is 5.57. The number of hydrogen-bond acceptors (Lipinski definition) is 7. The van der Waals surface area contributed by atoms with Crippen molar-refractivity contribution in [2.24, 2.45) is 15.9 Å². The van der Waals surface area contributed by atoms with E-state index in [4.69, 9.17) is 16.2 Å². The molecule has 2 aromatic carbocycles. The predicted molar refractivity (Wildman–Crippen MR) is 99.0 cm³/mol. The van der Waals surface area contributed by atoms with Gasteiger partial charge in [-0.15, -0.1) is 5.10 Å². The molecule has 132 valence electrons. The van der Waals surface area contributed by atoms with Crippen LogP contribution in [0.5, 0.6) is 5.75 Å². The van der Waals surface area contributed by atoms with Gasteiger partial charge in [0.25, 0.3) is 0 Å². The van der Waals surface area contributed by atoms with Gasteiger partial charge in [0.15, 0.2) is 17.3 Å². The third-order valence-electron chi connectivity index (χ3n) is 3.50. The monoisotopic (exact) mass is 350 g/mol. The molecule has 3 rings (SSSR count). The highest BCUT2D eigenvalue weighted by Crippen LogP contribution is 2.14. The molecule has 8 nitrogen and oxygen atoms in total. The first kappa shape index (κ1) is 17.2. The van der Waals surface area contributed by atoms with Crippen LogP contribution in [0.1, 0.15) is 22.4 Å². The van der Waals surface area contributed by atoms with Gasteiger partial charge in [-0.2, -0.15) is 5.10 Å². The molecule has 0 bridgehead atoms. The molecule has 8 heteroatoms. The second kappa shape index (κ2) is 7.93. The number of anilines is 1. The van der Waals surface area contributed by atoms with Crippen LogP contribution in [0, 0.1) is 6.92 Å². The van der Waals surface area contributed by atoms with Gasteiger partial charge in [-0.3, -0.25) is 0 Å². The maximum Gasteiger partial charge on any atom is 0.199 e. The van der Waals surface area contributed by atoms with E-state index in [1.165, 1.54) is 5.56 Å². The smallest absolute Gasteiger partial charge is 0.199 e. The van der Waals surface area contributed by atoms with E-state index in [1.807, 2.05) is 36.4 Å². The summed E-state index contributed by atoms with van der Waals surface area (Å²) in [5.74, 6) is 0.864. The Kier molecular flexibility index (Phi) is 5.23. The molecule has 0 radical (unpaired) electrons. The summed E-state index contributed by atoms with van der Waals surface area (Å²) in [5.41, 5.74) is 14.6. The van der Waals surface area contributed by atoms with E-state index in [2.05, 4.69) is 44.2 Å². The largest absolute Gasteiger partial charge is 0.489 e. The number of ether oxygens (including phenoxy) is 1. The van der Waals surface area contributed by atoms with E-state index in [9.17, 15) is 0 Å². The number of aromatic nitrogens is 2. The first-order valence-electron chi connectivity index (χ1n) is 7.85. The molecule has 26 heavy (non-hydrogen) atoms. The molecule has 0 unspecified atom stereocenters. The van der Waals surface area contributed by atoms with E-state index >= 15 is 0 Å². The summed E-state index contributed by atoms with van der Waals surface area (Å²) < 4.78 is 10.2. The average Bonchev–Trinajstić information content (AvgIpc) is 3.07. The SMILES string of the molecule is Cc1cccc(COc2ccc(/C=N\N=C(\N)c3nonc3N)cc2)c1. The van der Waals surface area contributed by atoms with Crippen LogP contribution in [0.4, 0.5) is 5.82 Å². The van der Waals surface area contributed by atoms with Gasteiger partial charge >= 0.3 is 0 Å². The second-order valence-corrected chi connectivity index (χ2v) is 5.57. The lowest BCUT2D eigenvalue weighted by atomic mass is 10.1. The standard InChI is InChI=1S/C18H18N6O2/c1-12-3-2-4-14(9-12)11-25-15-7-5-13(6-8-15)10-21-22-17(19)16-18(20)24-26-23-16/h2-10H,11H2,1H3,(H2,19,22)(H2,20,24)/b21-10-. The Morgan fingerprint density at radius 1 is 1.19 bits per heavy atom. The van der Waals surface area contributed by atoms with Crippen LogP contribution in [0.25, 0.3) is 0 Å². The average molecular weight is 350 g/mol. The van der Waals surface area contributed by atoms with Crippen LogP contribution >= 0.6 is 0 Å². The minimum absolute atomic E-state index is 0.0260. The van der Waals surface area contributed by atoms with Crippen LogP contribution in [0.2, 0.25) is 0 Å². The van der Waals surface area contributed by atoms with Crippen molar-refractivity contribution in [1.82, 2.24) is 10.3 Å². The van der Waals surface area contributed by atoms with Crippen LogP contribution in [-0.4, -0.2) is 22.4 Å². The van der Waals surface area contributed by atoms with Crippen molar-refractivity contribution in [2.45, 2.75) is 13.5 Å². The van der Waals surface area contributed by atoms with Crippen molar-refractivity contribution in [3.8, 4) is 5.75 Å². The molecule has 1 heterocycles. The molecule has 0 aliphatic rings. The third-order valence-corrected chi connectivity index (χ3v) is 3.50. The van der Waals surface area contributed by atoms with E-state index < -0.39 is 0 Å². The van der Waals surface area contributed by atoms with E-state index in [0.29, 0.717) is 6.61 Å². The fraction of sp³-hybridized carbons (Fsp3) is 0.111. The Hall–Kier alpha value is -3.68. The number of nitrogens with two attached hydrogens (primary N) is 2.